The summed E-state index contributed by atoms with van der Waals surface area (Å²) < 4.78 is 38.9. The maximum absolute atomic E-state index is 13.0. The molecule has 0 N–H and O–H groups in total. The first-order chi connectivity index (χ1) is 7.20. The molecule has 0 saturated carbocycles. The van der Waals surface area contributed by atoms with Crippen LogP contribution >= 0.6 is 23.2 Å². The Labute approximate surface area is 102 Å². The van der Waals surface area contributed by atoms with Gasteiger partial charge in [-0.1, -0.05) is 30.1 Å². The molecule has 1 unspecified atom stereocenters. The summed E-state index contributed by atoms with van der Waals surface area (Å²) in [5.41, 5.74) is -1.82. The van der Waals surface area contributed by atoms with Crippen LogP contribution in [0.25, 0.3) is 0 Å². The van der Waals surface area contributed by atoms with E-state index in [1.54, 1.807) is 0 Å². The summed E-state index contributed by atoms with van der Waals surface area (Å²) >= 11 is 11.4. The van der Waals surface area contributed by atoms with Gasteiger partial charge in [-0.25, -0.2) is 0 Å². The Morgan fingerprint density at radius 2 is 1.50 bits per heavy atom. The summed E-state index contributed by atoms with van der Waals surface area (Å²) in [4.78, 5) is 0. The van der Waals surface area contributed by atoms with Gasteiger partial charge in [0.2, 0.25) is 0 Å². The molecular formula is C11H11Cl2F3. The van der Waals surface area contributed by atoms with Crippen LogP contribution < -0.4 is 0 Å². The minimum Gasteiger partial charge on any atom is -0.170 e. The molecule has 16 heavy (non-hydrogen) atoms. The lowest BCUT2D eigenvalue weighted by Crippen LogP contribution is -2.38. The van der Waals surface area contributed by atoms with Crippen LogP contribution in [0.3, 0.4) is 0 Å². The van der Waals surface area contributed by atoms with Crippen molar-refractivity contribution in [3.63, 3.8) is 0 Å². The molecule has 0 saturated heterocycles. The Morgan fingerprint density at radius 3 is 1.81 bits per heavy atom. The van der Waals surface area contributed by atoms with E-state index in [0.717, 1.165) is 6.92 Å². The fourth-order valence-corrected chi connectivity index (χ4v) is 1.97. The number of benzene rings is 1. The molecule has 0 spiro atoms. The predicted molar refractivity (Wildman–Crippen MR) is 60.2 cm³/mol. The summed E-state index contributed by atoms with van der Waals surface area (Å²) in [5, 5.41) is 0.429. The molecule has 1 rings (SSSR count). The van der Waals surface area contributed by atoms with Gasteiger partial charge in [-0.05, 0) is 37.1 Å². The van der Waals surface area contributed by atoms with Crippen LogP contribution in [0, 0.1) is 0 Å². The molecule has 1 aromatic carbocycles. The lowest BCUT2D eigenvalue weighted by molar-refractivity contribution is -0.186. The van der Waals surface area contributed by atoms with Crippen LogP contribution in [0.4, 0.5) is 13.2 Å². The van der Waals surface area contributed by atoms with E-state index in [9.17, 15) is 13.2 Å². The highest BCUT2D eigenvalue weighted by Crippen LogP contribution is 2.44. The zero-order chi connectivity index (χ0) is 12.6. The molecule has 0 fully saturated rings. The molecule has 0 nitrogen and oxygen atoms in total. The molecule has 0 aliphatic carbocycles. The third-order valence-electron chi connectivity index (χ3n) is 2.83. The summed E-state index contributed by atoms with van der Waals surface area (Å²) in [5.74, 6) is 0. The monoisotopic (exact) mass is 270 g/mol. The second-order valence-corrected chi connectivity index (χ2v) is 4.71. The van der Waals surface area contributed by atoms with Gasteiger partial charge in [-0.3, -0.25) is 0 Å². The average Bonchev–Trinajstić information content (AvgIpc) is 2.13. The number of alkyl halides is 3. The standard InChI is InChI=1S/C11H11Cl2F3/c1-3-10(2,11(14,15)16)7-4-8(12)6-9(13)5-7/h4-6H,3H2,1-2H3. The number of rotatable bonds is 2. The van der Waals surface area contributed by atoms with Crippen molar-refractivity contribution in [3.8, 4) is 0 Å². The Kier molecular flexibility index (Phi) is 3.80. The highest BCUT2D eigenvalue weighted by molar-refractivity contribution is 6.34. The Hall–Kier alpha value is -0.410. The van der Waals surface area contributed by atoms with Crippen LogP contribution in [-0.2, 0) is 5.41 Å². The molecular weight excluding hydrogens is 260 g/mol. The first-order valence-corrected chi connectivity index (χ1v) is 5.49. The fraction of sp³-hybridized carbons (Fsp3) is 0.455. The summed E-state index contributed by atoms with van der Waals surface area (Å²) in [6.07, 6.45) is -4.39. The zero-order valence-electron chi connectivity index (χ0n) is 8.83. The minimum absolute atomic E-state index is 0.0623. The van der Waals surface area contributed by atoms with E-state index in [2.05, 4.69) is 0 Å². The molecule has 0 aliphatic heterocycles. The predicted octanol–water partition coefficient (Wildman–Crippen LogP) is 5.22. The molecule has 0 aromatic heterocycles. The highest BCUT2D eigenvalue weighted by atomic mass is 35.5. The van der Waals surface area contributed by atoms with Crippen LogP contribution in [0.15, 0.2) is 18.2 Å². The fourth-order valence-electron chi connectivity index (χ4n) is 1.44. The highest BCUT2D eigenvalue weighted by Gasteiger charge is 2.50. The van der Waals surface area contributed by atoms with Gasteiger partial charge in [0.05, 0.1) is 5.41 Å². The third kappa shape index (κ3) is 2.46. The lowest BCUT2D eigenvalue weighted by atomic mass is 9.79. The maximum Gasteiger partial charge on any atom is 0.398 e. The van der Waals surface area contributed by atoms with Gasteiger partial charge >= 0.3 is 6.18 Å². The second-order valence-electron chi connectivity index (χ2n) is 3.84. The largest absolute Gasteiger partial charge is 0.398 e. The van der Waals surface area contributed by atoms with E-state index >= 15 is 0 Å². The molecule has 0 radical (unpaired) electrons. The van der Waals surface area contributed by atoms with E-state index in [4.69, 9.17) is 23.2 Å². The quantitative estimate of drug-likeness (QED) is 0.691. The first-order valence-electron chi connectivity index (χ1n) is 4.74. The van der Waals surface area contributed by atoms with Crippen molar-refractivity contribution in [3.05, 3.63) is 33.8 Å². The van der Waals surface area contributed by atoms with Crippen LogP contribution in [0.5, 0.6) is 0 Å². The summed E-state index contributed by atoms with van der Waals surface area (Å²) in [7, 11) is 0. The SMILES string of the molecule is CCC(C)(c1cc(Cl)cc(Cl)c1)C(F)(F)F. The van der Waals surface area contributed by atoms with Crippen LogP contribution in [-0.4, -0.2) is 6.18 Å². The summed E-state index contributed by atoms with van der Waals surface area (Å²) in [6.45, 7) is 2.64. The van der Waals surface area contributed by atoms with Crippen LogP contribution in [0.2, 0.25) is 10.0 Å². The van der Waals surface area contributed by atoms with Crippen molar-refractivity contribution in [2.75, 3.05) is 0 Å². The second kappa shape index (κ2) is 4.46. The molecule has 1 aromatic rings. The Balaban J connectivity index is 3.34. The van der Waals surface area contributed by atoms with Gasteiger partial charge < -0.3 is 0 Å². The van der Waals surface area contributed by atoms with Gasteiger partial charge in [0.1, 0.15) is 0 Å². The van der Waals surface area contributed by atoms with Crippen molar-refractivity contribution >= 4 is 23.2 Å². The first kappa shape index (κ1) is 13.7. The van der Waals surface area contributed by atoms with Crippen LogP contribution in [0.1, 0.15) is 25.8 Å². The van der Waals surface area contributed by atoms with E-state index in [1.807, 2.05) is 0 Å². The van der Waals surface area contributed by atoms with Crippen molar-refractivity contribution in [1.29, 1.82) is 0 Å². The van der Waals surface area contributed by atoms with Gasteiger partial charge in [0.15, 0.2) is 0 Å². The lowest BCUT2D eigenvalue weighted by Gasteiger charge is -2.31. The number of halogens is 5. The molecule has 90 valence electrons. The Morgan fingerprint density at radius 1 is 1.06 bits per heavy atom. The summed E-state index contributed by atoms with van der Waals surface area (Å²) in [6, 6.07) is 4.04. The van der Waals surface area contributed by atoms with Crippen molar-refractivity contribution in [2.45, 2.75) is 31.9 Å². The average molecular weight is 271 g/mol. The smallest absolute Gasteiger partial charge is 0.170 e. The molecule has 0 aliphatic rings. The van der Waals surface area contributed by atoms with Gasteiger partial charge in [-0.15, -0.1) is 0 Å². The molecule has 0 amide bonds. The molecule has 0 heterocycles. The van der Waals surface area contributed by atoms with E-state index in [-0.39, 0.29) is 22.0 Å². The molecule has 1 atom stereocenters. The Bertz CT molecular complexity index is 367. The van der Waals surface area contributed by atoms with Crippen molar-refractivity contribution in [2.24, 2.45) is 0 Å². The van der Waals surface area contributed by atoms with E-state index < -0.39 is 11.6 Å². The van der Waals surface area contributed by atoms with Crippen molar-refractivity contribution < 1.29 is 13.2 Å². The van der Waals surface area contributed by atoms with Gasteiger partial charge in [0.25, 0.3) is 0 Å². The zero-order valence-corrected chi connectivity index (χ0v) is 10.3. The molecule has 0 bridgehead atoms. The van der Waals surface area contributed by atoms with E-state index in [1.165, 1.54) is 25.1 Å². The van der Waals surface area contributed by atoms with Crippen molar-refractivity contribution in [1.82, 2.24) is 0 Å². The van der Waals surface area contributed by atoms with Gasteiger partial charge in [-0.2, -0.15) is 13.2 Å². The van der Waals surface area contributed by atoms with Gasteiger partial charge in [0, 0.05) is 10.0 Å². The number of hydrogen-bond acceptors (Lipinski definition) is 0. The molecule has 5 heteroatoms. The maximum atomic E-state index is 13.0. The third-order valence-corrected chi connectivity index (χ3v) is 3.27. The van der Waals surface area contributed by atoms with E-state index in [0.29, 0.717) is 0 Å². The topological polar surface area (TPSA) is 0 Å². The number of hydrogen-bond donors (Lipinski definition) is 0. The normalized spacial score (nSPS) is 15.9. The minimum atomic E-state index is -4.32.